The molecule has 1 saturated carbocycles. The maximum Gasteiger partial charge on any atom is 0.319 e. The van der Waals surface area contributed by atoms with Gasteiger partial charge in [-0.25, -0.2) is 4.79 Å². The normalized spacial score (nSPS) is 20.0. The Morgan fingerprint density at radius 3 is 2.40 bits per heavy atom. The third-order valence-electron chi connectivity index (χ3n) is 5.22. The predicted octanol–water partition coefficient (Wildman–Crippen LogP) is 4.12. The van der Waals surface area contributed by atoms with Crippen molar-refractivity contribution in [3.8, 4) is 0 Å². The number of anilines is 1. The Labute approximate surface area is 156 Å². The van der Waals surface area contributed by atoms with Gasteiger partial charge in [0.1, 0.15) is 0 Å². The van der Waals surface area contributed by atoms with E-state index in [2.05, 4.69) is 39.4 Å². The summed E-state index contributed by atoms with van der Waals surface area (Å²) in [5, 5.41) is 6.11. The van der Waals surface area contributed by atoms with Crippen molar-refractivity contribution in [1.29, 1.82) is 0 Å². The summed E-state index contributed by atoms with van der Waals surface area (Å²) < 4.78 is 0. The van der Waals surface area contributed by atoms with Crippen molar-refractivity contribution in [2.45, 2.75) is 51.0 Å². The highest BCUT2D eigenvalue weighted by atomic mass is 32.2. The van der Waals surface area contributed by atoms with Crippen molar-refractivity contribution < 1.29 is 4.79 Å². The van der Waals surface area contributed by atoms with Crippen molar-refractivity contribution in [2.24, 2.45) is 0 Å². The van der Waals surface area contributed by atoms with Crippen molar-refractivity contribution >= 4 is 23.5 Å². The number of amides is 2. The molecule has 1 saturated heterocycles. The van der Waals surface area contributed by atoms with E-state index < -0.39 is 0 Å². The van der Waals surface area contributed by atoms with Crippen molar-refractivity contribution in [3.63, 3.8) is 0 Å². The molecular weight excluding hydrogens is 330 g/mol. The molecule has 3 rings (SSSR count). The Hall–Kier alpha value is -1.20. The third kappa shape index (κ3) is 6.55. The highest BCUT2D eigenvalue weighted by molar-refractivity contribution is 7.99. The number of hydrogen-bond acceptors (Lipinski definition) is 3. The molecule has 1 aliphatic heterocycles. The first-order valence-corrected chi connectivity index (χ1v) is 10.9. The molecule has 25 heavy (non-hydrogen) atoms. The second kappa shape index (κ2) is 10.1. The van der Waals surface area contributed by atoms with Crippen LogP contribution in [0.3, 0.4) is 0 Å². The minimum atomic E-state index is -0.0644. The molecule has 1 heterocycles. The van der Waals surface area contributed by atoms with Crippen molar-refractivity contribution in [1.82, 2.24) is 10.2 Å². The molecule has 0 unspecified atom stereocenters. The lowest BCUT2D eigenvalue weighted by Gasteiger charge is -2.26. The smallest absolute Gasteiger partial charge is 0.319 e. The van der Waals surface area contributed by atoms with Crippen LogP contribution >= 0.6 is 11.8 Å². The zero-order chi connectivity index (χ0) is 17.3. The number of benzene rings is 1. The molecule has 0 spiro atoms. The van der Waals surface area contributed by atoms with Crippen LogP contribution in [0, 0.1) is 0 Å². The SMILES string of the molecule is O=C(Nc1ccc(CCN2CCSCC2)cc1)NC1CCCCCC1. The number of thioether (sulfide) groups is 1. The van der Waals surface area contributed by atoms with Crippen LogP contribution in [0.1, 0.15) is 44.1 Å². The molecule has 1 aromatic rings. The Morgan fingerprint density at radius 1 is 1.04 bits per heavy atom. The van der Waals surface area contributed by atoms with Crippen LogP contribution in [0.4, 0.5) is 10.5 Å². The molecule has 138 valence electrons. The second-order valence-corrected chi connectivity index (χ2v) is 8.41. The molecule has 1 aliphatic carbocycles. The number of nitrogens with zero attached hydrogens (tertiary/aromatic N) is 1. The number of carbonyl (C=O) groups is 1. The van der Waals surface area contributed by atoms with Gasteiger partial charge in [-0.1, -0.05) is 37.8 Å². The number of rotatable bonds is 5. The van der Waals surface area contributed by atoms with E-state index >= 15 is 0 Å². The minimum Gasteiger partial charge on any atom is -0.335 e. The van der Waals surface area contributed by atoms with Crippen LogP contribution in [-0.4, -0.2) is 48.1 Å². The van der Waals surface area contributed by atoms with E-state index in [1.807, 2.05) is 12.1 Å². The molecule has 4 nitrogen and oxygen atoms in total. The summed E-state index contributed by atoms with van der Waals surface area (Å²) in [7, 11) is 0. The van der Waals surface area contributed by atoms with Gasteiger partial charge in [-0.3, -0.25) is 0 Å². The van der Waals surface area contributed by atoms with Gasteiger partial charge in [0.15, 0.2) is 0 Å². The van der Waals surface area contributed by atoms with E-state index in [1.54, 1.807) is 0 Å². The molecule has 0 atom stereocenters. The van der Waals surface area contributed by atoms with Gasteiger partial charge in [-0.05, 0) is 37.0 Å². The average molecular weight is 362 g/mol. The Kier molecular flexibility index (Phi) is 7.49. The fourth-order valence-electron chi connectivity index (χ4n) is 3.64. The van der Waals surface area contributed by atoms with Gasteiger partial charge < -0.3 is 15.5 Å². The Balaban J connectivity index is 1.41. The maximum absolute atomic E-state index is 12.2. The summed E-state index contributed by atoms with van der Waals surface area (Å²) in [6, 6.07) is 8.59. The van der Waals surface area contributed by atoms with Crippen LogP contribution in [0.2, 0.25) is 0 Å². The van der Waals surface area contributed by atoms with E-state index in [-0.39, 0.29) is 6.03 Å². The molecular formula is C20H31N3OS. The van der Waals surface area contributed by atoms with Crippen molar-refractivity contribution in [2.75, 3.05) is 36.5 Å². The van der Waals surface area contributed by atoms with Crippen LogP contribution in [-0.2, 0) is 6.42 Å². The van der Waals surface area contributed by atoms with Gasteiger partial charge in [0.2, 0.25) is 0 Å². The highest BCUT2D eigenvalue weighted by Gasteiger charge is 2.14. The number of carbonyl (C=O) groups excluding carboxylic acids is 1. The molecule has 2 amide bonds. The summed E-state index contributed by atoms with van der Waals surface area (Å²) in [6.45, 7) is 3.56. The van der Waals surface area contributed by atoms with Crippen LogP contribution in [0.5, 0.6) is 0 Å². The number of nitrogens with one attached hydrogen (secondary N) is 2. The third-order valence-corrected chi connectivity index (χ3v) is 6.17. The van der Waals surface area contributed by atoms with Crippen LogP contribution in [0.25, 0.3) is 0 Å². The molecule has 1 aromatic carbocycles. The highest BCUT2D eigenvalue weighted by Crippen LogP contribution is 2.18. The number of urea groups is 1. The fraction of sp³-hybridized carbons (Fsp3) is 0.650. The predicted molar refractivity (Wildman–Crippen MR) is 108 cm³/mol. The van der Waals surface area contributed by atoms with Crippen LogP contribution in [0.15, 0.2) is 24.3 Å². The summed E-state index contributed by atoms with van der Waals surface area (Å²) >= 11 is 2.05. The van der Waals surface area contributed by atoms with Gasteiger partial charge in [0.25, 0.3) is 0 Å². The summed E-state index contributed by atoms with van der Waals surface area (Å²) in [5.74, 6) is 2.53. The zero-order valence-electron chi connectivity index (χ0n) is 15.1. The largest absolute Gasteiger partial charge is 0.335 e. The van der Waals surface area contributed by atoms with Gasteiger partial charge in [0, 0.05) is 42.9 Å². The molecule has 5 heteroatoms. The molecule has 2 fully saturated rings. The van der Waals surface area contributed by atoms with E-state index in [0.717, 1.165) is 31.5 Å². The quantitative estimate of drug-likeness (QED) is 0.775. The molecule has 2 aliphatic rings. The minimum absolute atomic E-state index is 0.0644. The van der Waals surface area contributed by atoms with Crippen LogP contribution < -0.4 is 10.6 Å². The fourth-order valence-corrected chi connectivity index (χ4v) is 4.62. The van der Waals surface area contributed by atoms with Crippen molar-refractivity contribution in [3.05, 3.63) is 29.8 Å². The monoisotopic (exact) mass is 361 g/mol. The lowest BCUT2D eigenvalue weighted by Crippen LogP contribution is -2.37. The lowest BCUT2D eigenvalue weighted by atomic mass is 10.1. The first kappa shape index (κ1) is 18.6. The van der Waals surface area contributed by atoms with E-state index in [4.69, 9.17) is 0 Å². The van der Waals surface area contributed by atoms with Gasteiger partial charge in [-0.2, -0.15) is 11.8 Å². The first-order valence-electron chi connectivity index (χ1n) is 9.76. The summed E-state index contributed by atoms with van der Waals surface area (Å²) in [4.78, 5) is 14.7. The van der Waals surface area contributed by atoms with E-state index in [1.165, 1.54) is 55.8 Å². The van der Waals surface area contributed by atoms with E-state index in [9.17, 15) is 4.79 Å². The topological polar surface area (TPSA) is 44.4 Å². The molecule has 2 N–H and O–H groups in total. The number of hydrogen-bond donors (Lipinski definition) is 2. The average Bonchev–Trinajstić information content (AvgIpc) is 2.90. The van der Waals surface area contributed by atoms with E-state index in [0.29, 0.717) is 6.04 Å². The van der Waals surface area contributed by atoms with Gasteiger partial charge in [0.05, 0.1) is 0 Å². The lowest BCUT2D eigenvalue weighted by molar-refractivity contribution is 0.247. The Morgan fingerprint density at radius 2 is 1.72 bits per heavy atom. The van der Waals surface area contributed by atoms with Gasteiger partial charge >= 0.3 is 6.03 Å². The summed E-state index contributed by atoms with van der Waals surface area (Å²) in [5.41, 5.74) is 2.22. The Bertz CT molecular complexity index is 520. The maximum atomic E-state index is 12.2. The van der Waals surface area contributed by atoms with Gasteiger partial charge in [-0.15, -0.1) is 0 Å². The second-order valence-electron chi connectivity index (χ2n) is 7.19. The first-order chi connectivity index (χ1) is 12.3. The summed E-state index contributed by atoms with van der Waals surface area (Å²) in [6.07, 6.45) is 8.38. The molecule has 0 aromatic heterocycles. The molecule has 0 radical (unpaired) electrons. The zero-order valence-corrected chi connectivity index (χ0v) is 16.0. The molecule has 0 bridgehead atoms. The standard InChI is InChI=1S/C20H31N3OS/c24-20(21-18-5-3-1-2-4-6-18)22-19-9-7-17(8-10-19)11-12-23-13-15-25-16-14-23/h7-10,18H,1-6,11-16H2,(H2,21,22,24).